The summed E-state index contributed by atoms with van der Waals surface area (Å²) in [6, 6.07) is 0. The van der Waals surface area contributed by atoms with Crippen LogP contribution in [0, 0.1) is 5.41 Å². The first kappa shape index (κ1) is 10.4. The van der Waals surface area contributed by atoms with Gasteiger partial charge in [-0.25, -0.2) is 0 Å². The normalized spacial score (nSPS) is 8.55. The molecular formula is C6H6Cl2N2O. The molecule has 11 heavy (non-hydrogen) atoms. The molecule has 1 aromatic rings. The molecule has 0 unspecified atom stereocenters. The Morgan fingerprint density at radius 1 is 1.27 bits per heavy atom. The molecule has 3 N–H and O–H groups in total. The summed E-state index contributed by atoms with van der Waals surface area (Å²) < 4.78 is 0. The van der Waals surface area contributed by atoms with E-state index in [0.717, 1.165) is 6.21 Å². The summed E-state index contributed by atoms with van der Waals surface area (Å²) >= 11 is 11.3. The summed E-state index contributed by atoms with van der Waals surface area (Å²) in [7, 11) is 0. The molecule has 0 saturated carbocycles. The number of hydrogen-bond acceptors (Lipinski definition) is 2. The van der Waals surface area contributed by atoms with Crippen molar-refractivity contribution in [3.8, 4) is 0 Å². The first-order chi connectivity index (χ1) is 4.75. The number of rotatable bonds is 1. The van der Waals surface area contributed by atoms with Crippen LogP contribution in [-0.4, -0.2) is 16.7 Å². The molecule has 0 aliphatic rings. The third-order valence-corrected chi connectivity index (χ3v) is 1.64. The van der Waals surface area contributed by atoms with E-state index in [1.54, 1.807) is 0 Å². The lowest BCUT2D eigenvalue weighted by atomic mass is 10.3. The van der Waals surface area contributed by atoms with Gasteiger partial charge >= 0.3 is 0 Å². The Morgan fingerprint density at radius 2 is 1.73 bits per heavy atom. The predicted octanol–water partition coefficient (Wildman–Crippen LogP) is 1.56. The summed E-state index contributed by atoms with van der Waals surface area (Å²) in [5, 5.41) is 7.71. The Morgan fingerprint density at radius 3 is 2.00 bits per heavy atom. The maximum absolute atomic E-state index is 6.90. The fraction of sp³-hybridized carbons (Fsp3) is 0. The Balaban J connectivity index is 0.000001000. The van der Waals surface area contributed by atoms with Gasteiger partial charge in [-0.1, -0.05) is 23.2 Å². The van der Waals surface area contributed by atoms with E-state index in [4.69, 9.17) is 28.6 Å². The predicted molar refractivity (Wildman–Crippen MR) is 45.8 cm³/mol. The van der Waals surface area contributed by atoms with Crippen molar-refractivity contribution in [3.63, 3.8) is 0 Å². The number of pyridine rings is 1. The topological polar surface area (TPSA) is 68.2 Å². The third kappa shape index (κ3) is 2.15. The fourth-order valence-corrected chi connectivity index (χ4v) is 1.03. The molecule has 0 aliphatic carbocycles. The van der Waals surface area contributed by atoms with Crippen LogP contribution >= 0.6 is 23.2 Å². The molecule has 0 saturated heterocycles. The second-order valence-corrected chi connectivity index (χ2v) is 2.48. The molecular weight excluding hydrogens is 187 g/mol. The Bertz CT molecular complexity index is 245. The van der Waals surface area contributed by atoms with Gasteiger partial charge in [0, 0.05) is 24.2 Å². The molecule has 0 amide bonds. The standard InChI is InChI=1S/C6H4Cl2N2.H2O/c7-5-2-10-3-6(8)4(5)1-9;/h1-3,9H;1H2. The second kappa shape index (κ2) is 4.28. The highest BCUT2D eigenvalue weighted by atomic mass is 35.5. The van der Waals surface area contributed by atoms with E-state index in [0.29, 0.717) is 15.6 Å². The largest absolute Gasteiger partial charge is 0.412 e. The summed E-state index contributed by atoms with van der Waals surface area (Å²) in [6.07, 6.45) is 4.01. The molecule has 1 aromatic heterocycles. The van der Waals surface area contributed by atoms with Crippen LogP contribution in [0.3, 0.4) is 0 Å². The average molecular weight is 193 g/mol. The van der Waals surface area contributed by atoms with Crippen LogP contribution in [0.2, 0.25) is 10.0 Å². The van der Waals surface area contributed by atoms with Crippen LogP contribution in [0.15, 0.2) is 12.4 Å². The minimum atomic E-state index is 0. The SMILES string of the molecule is N=Cc1c(Cl)cncc1Cl.O. The average Bonchev–Trinajstić information content (AvgIpc) is 1.88. The van der Waals surface area contributed by atoms with E-state index in [1.807, 2.05) is 0 Å². The monoisotopic (exact) mass is 192 g/mol. The summed E-state index contributed by atoms with van der Waals surface area (Å²) in [6.45, 7) is 0. The van der Waals surface area contributed by atoms with Crippen LogP contribution in [-0.2, 0) is 0 Å². The molecule has 0 fully saturated rings. The van der Waals surface area contributed by atoms with Gasteiger partial charge in [-0.3, -0.25) is 4.98 Å². The molecule has 0 spiro atoms. The van der Waals surface area contributed by atoms with E-state index in [2.05, 4.69) is 4.98 Å². The van der Waals surface area contributed by atoms with Gasteiger partial charge in [0.25, 0.3) is 0 Å². The van der Waals surface area contributed by atoms with Crippen molar-refractivity contribution in [3.05, 3.63) is 28.0 Å². The van der Waals surface area contributed by atoms with E-state index in [1.165, 1.54) is 12.4 Å². The number of nitrogens with one attached hydrogen (secondary N) is 1. The van der Waals surface area contributed by atoms with Gasteiger partial charge in [-0.15, -0.1) is 0 Å². The Kier molecular flexibility index (Phi) is 4.03. The lowest BCUT2D eigenvalue weighted by Gasteiger charge is -1.96. The summed E-state index contributed by atoms with van der Waals surface area (Å²) in [5.41, 5.74) is 0.512. The third-order valence-electron chi connectivity index (χ3n) is 1.03. The van der Waals surface area contributed by atoms with Crippen molar-refractivity contribution in [2.75, 3.05) is 0 Å². The highest BCUT2D eigenvalue weighted by Gasteiger charge is 2.00. The fourth-order valence-electron chi connectivity index (χ4n) is 0.559. The Hall–Kier alpha value is -0.640. The molecule has 1 rings (SSSR count). The minimum absolute atomic E-state index is 0. The second-order valence-electron chi connectivity index (χ2n) is 1.66. The van der Waals surface area contributed by atoms with E-state index in [9.17, 15) is 0 Å². The molecule has 0 radical (unpaired) electrons. The van der Waals surface area contributed by atoms with Gasteiger partial charge < -0.3 is 10.9 Å². The van der Waals surface area contributed by atoms with Gasteiger partial charge in [0.15, 0.2) is 0 Å². The lowest BCUT2D eigenvalue weighted by molar-refractivity contribution is 0.824. The van der Waals surface area contributed by atoms with Gasteiger partial charge in [0.05, 0.1) is 10.0 Å². The number of aromatic nitrogens is 1. The van der Waals surface area contributed by atoms with Crippen LogP contribution < -0.4 is 0 Å². The first-order valence-electron chi connectivity index (χ1n) is 2.55. The number of halogens is 2. The van der Waals surface area contributed by atoms with Crippen molar-refractivity contribution in [2.24, 2.45) is 0 Å². The molecule has 0 aromatic carbocycles. The van der Waals surface area contributed by atoms with Gasteiger partial charge in [-0.05, 0) is 0 Å². The maximum Gasteiger partial charge on any atom is 0.0691 e. The molecule has 0 bridgehead atoms. The molecule has 60 valence electrons. The number of hydrogen-bond donors (Lipinski definition) is 1. The molecule has 0 aliphatic heterocycles. The van der Waals surface area contributed by atoms with Crippen LogP contribution in [0.25, 0.3) is 0 Å². The smallest absolute Gasteiger partial charge is 0.0691 e. The van der Waals surface area contributed by atoms with Crippen molar-refractivity contribution in [1.82, 2.24) is 4.98 Å². The highest BCUT2D eigenvalue weighted by molar-refractivity contribution is 6.38. The molecule has 3 nitrogen and oxygen atoms in total. The van der Waals surface area contributed by atoms with Gasteiger partial charge in [0.2, 0.25) is 0 Å². The van der Waals surface area contributed by atoms with Crippen molar-refractivity contribution >= 4 is 29.4 Å². The zero-order chi connectivity index (χ0) is 7.56. The van der Waals surface area contributed by atoms with Gasteiger partial charge in [-0.2, -0.15) is 0 Å². The van der Waals surface area contributed by atoms with E-state index >= 15 is 0 Å². The number of nitrogens with zero attached hydrogens (tertiary/aromatic N) is 1. The van der Waals surface area contributed by atoms with Crippen molar-refractivity contribution < 1.29 is 5.48 Å². The van der Waals surface area contributed by atoms with Crippen molar-refractivity contribution in [1.29, 1.82) is 5.41 Å². The molecule has 0 atom stereocenters. The highest BCUT2D eigenvalue weighted by Crippen LogP contribution is 2.19. The van der Waals surface area contributed by atoms with Crippen LogP contribution in [0.4, 0.5) is 0 Å². The Labute approximate surface area is 73.8 Å². The van der Waals surface area contributed by atoms with E-state index in [-0.39, 0.29) is 5.48 Å². The maximum atomic E-state index is 6.90. The minimum Gasteiger partial charge on any atom is -0.412 e. The van der Waals surface area contributed by atoms with Crippen LogP contribution in [0.5, 0.6) is 0 Å². The first-order valence-corrected chi connectivity index (χ1v) is 3.30. The zero-order valence-electron chi connectivity index (χ0n) is 5.44. The van der Waals surface area contributed by atoms with Crippen LogP contribution in [0.1, 0.15) is 5.56 Å². The summed E-state index contributed by atoms with van der Waals surface area (Å²) in [4.78, 5) is 3.73. The molecule has 5 heteroatoms. The zero-order valence-corrected chi connectivity index (χ0v) is 6.95. The van der Waals surface area contributed by atoms with E-state index < -0.39 is 0 Å². The van der Waals surface area contributed by atoms with Gasteiger partial charge in [0.1, 0.15) is 0 Å². The lowest BCUT2D eigenvalue weighted by Crippen LogP contribution is -1.84. The summed E-state index contributed by atoms with van der Waals surface area (Å²) in [5.74, 6) is 0. The van der Waals surface area contributed by atoms with Crippen molar-refractivity contribution in [2.45, 2.75) is 0 Å². The molecule has 1 heterocycles. The quantitative estimate of drug-likeness (QED) is 0.675.